The number of β-amino-alcohol motifs (C(OH)–C–C–N with tert-alkyl or cyclic N) is 1. The van der Waals surface area contributed by atoms with Crippen LogP contribution in [0, 0.1) is 11.6 Å². The van der Waals surface area contributed by atoms with Crippen molar-refractivity contribution in [2.45, 2.75) is 38.3 Å². The average molecular weight is 301 g/mol. The van der Waals surface area contributed by atoms with Crippen molar-refractivity contribution in [3.05, 3.63) is 35.4 Å². The molecule has 0 aliphatic carbocycles. The second-order valence-corrected chi connectivity index (χ2v) is 5.23. The standard InChI is InChI=1S/C15H21F2NO3/c1-4-15(2,8-14(20)21-3)18-9-13(19)11-6-5-10(16)7-12(11)17/h5-7,13,18-19H,4,8-9H2,1-3H3. The van der Waals surface area contributed by atoms with Gasteiger partial charge in [-0.2, -0.15) is 0 Å². The van der Waals surface area contributed by atoms with E-state index < -0.39 is 23.3 Å². The number of methoxy groups -OCH3 is 1. The fourth-order valence-corrected chi connectivity index (χ4v) is 1.93. The number of ether oxygens (including phenoxy) is 1. The summed E-state index contributed by atoms with van der Waals surface area (Å²) in [5.74, 6) is -1.86. The van der Waals surface area contributed by atoms with Crippen LogP contribution in [0.25, 0.3) is 0 Å². The van der Waals surface area contributed by atoms with E-state index in [-0.39, 0.29) is 24.5 Å². The third-order valence-corrected chi connectivity index (χ3v) is 3.59. The fraction of sp³-hybridized carbons (Fsp3) is 0.533. The van der Waals surface area contributed by atoms with Gasteiger partial charge in [-0.1, -0.05) is 13.0 Å². The number of benzene rings is 1. The van der Waals surface area contributed by atoms with Gasteiger partial charge in [0.05, 0.1) is 19.6 Å². The van der Waals surface area contributed by atoms with Gasteiger partial charge in [0, 0.05) is 23.7 Å². The highest BCUT2D eigenvalue weighted by atomic mass is 19.1. The van der Waals surface area contributed by atoms with Crippen molar-refractivity contribution < 1.29 is 23.4 Å². The molecule has 0 saturated heterocycles. The Morgan fingerprint density at radius 3 is 2.67 bits per heavy atom. The van der Waals surface area contributed by atoms with Crippen LogP contribution >= 0.6 is 0 Å². The van der Waals surface area contributed by atoms with Crippen molar-refractivity contribution in [1.29, 1.82) is 0 Å². The van der Waals surface area contributed by atoms with Crippen LogP contribution in [0.1, 0.15) is 38.4 Å². The molecule has 0 spiro atoms. The highest BCUT2D eigenvalue weighted by Gasteiger charge is 2.27. The van der Waals surface area contributed by atoms with E-state index in [0.29, 0.717) is 6.42 Å². The number of hydrogen-bond donors (Lipinski definition) is 2. The zero-order valence-electron chi connectivity index (χ0n) is 12.5. The van der Waals surface area contributed by atoms with Gasteiger partial charge in [-0.3, -0.25) is 4.79 Å². The molecule has 0 bridgehead atoms. The normalized spacial score (nSPS) is 15.3. The quantitative estimate of drug-likeness (QED) is 0.759. The lowest BCUT2D eigenvalue weighted by Crippen LogP contribution is -2.45. The Kier molecular flexibility index (Phi) is 6.23. The summed E-state index contributed by atoms with van der Waals surface area (Å²) in [5.41, 5.74) is -0.551. The van der Waals surface area contributed by atoms with Crippen molar-refractivity contribution in [2.75, 3.05) is 13.7 Å². The third kappa shape index (κ3) is 5.06. The second kappa shape index (κ2) is 7.47. The zero-order chi connectivity index (χ0) is 16.0. The van der Waals surface area contributed by atoms with Gasteiger partial charge >= 0.3 is 5.97 Å². The van der Waals surface area contributed by atoms with E-state index in [0.717, 1.165) is 12.1 Å². The van der Waals surface area contributed by atoms with Gasteiger partial charge in [0.1, 0.15) is 11.6 Å². The summed E-state index contributed by atoms with van der Waals surface area (Å²) in [6, 6.07) is 3.03. The molecule has 0 heterocycles. The molecule has 0 aliphatic rings. The molecule has 1 aromatic carbocycles. The molecule has 0 aromatic heterocycles. The van der Waals surface area contributed by atoms with E-state index >= 15 is 0 Å². The maximum Gasteiger partial charge on any atom is 0.307 e. The lowest BCUT2D eigenvalue weighted by atomic mass is 9.94. The molecule has 0 aliphatic heterocycles. The van der Waals surface area contributed by atoms with Gasteiger partial charge in [-0.25, -0.2) is 8.78 Å². The van der Waals surface area contributed by atoms with Gasteiger partial charge in [0.25, 0.3) is 0 Å². The van der Waals surface area contributed by atoms with Crippen molar-refractivity contribution >= 4 is 5.97 Å². The molecule has 0 saturated carbocycles. The topological polar surface area (TPSA) is 58.6 Å². The summed E-state index contributed by atoms with van der Waals surface area (Å²) in [4.78, 5) is 11.4. The Balaban J connectivity index is 2.69. The monoisotopic (exact) mass is 301 g/mol. The van der Waals surface area contributed by atoms with E-state index in [4.69, 9.17) is 0 Å². The second-order valence-electron chi connectivity index (χ2n) is 5.23. The zero-order valence-corrected chi connectivity index (χ0v) is 12.5. The molecule has 0 radical (unpaired) electrons. The average Bonchev–Trinajstić information content (AvgIpc) is 2.44. The summed E-state index contributed by atoms with van der Waals surface area (Å²) in [6.45, 7) is 3.75. The molecular formula is C15H21F2NO3. The lowest BCUT2D eigenvalue weighted by Gasteiger charge is -2.30. The van der Waals surface area contributed by atoms with Crippen LogP contribution in [0.15, 0.2) is 18.2 Å². The summed E-state index contributed by atoms with van der Waals surface area (Å²) in [5, 5.41) is 13.0. The van der Waals surface area contributed by atoms with Gasteiger partial charge in [0.2, 0.25) is 0 Å². The van der Waals surface area contributed by atoms with E-state index in [2.05, 4.69) is 10.1 Å². The van der Waals surface area contributed by atoms with Gasteiger partial charge in [-0.05, 0) is 19.4 Å². The van der Waals surface area contributed by atoms with Crippen LogP contribution in [0.5, 0.6) is 0 Å². The van der Waals surface area contributed by atoms with Crippen LogP contribution in [0.4, 0.5) is 8.78 Å². The third-order valence-electron chi connectivity index (χ3n) is 3.59. The first-order valence-corrected chi connectivity index (χ1v) is 6.76. The highest BCUT2D eigenvalue weighted by Crippen LogP contribution is 2.20. The largest absolute Gasteiger partial charge is 0.469 e. The minimum Gasteiger partial charge on any atom is -0.469 e. The van der Waals surface area contributed by atoms with Crippen molar-refractivity contribution in [1.82, 2.24) is 5.32 Å². The molecule has 4 nitrogen and oxygen atoms in total. The maximum atomic E-state index is 13.6. The molecule has 1 aromatic rings. The predicted molar refractivity (Wildman–Crippen MR) is 74.6 cm³/mol. The Morgan fingerprint density at radius 1 is 1.48 bits per heavy atom. The number of aliphatic hydroxyl groups is 1. The Hall–Kier alpha value is -1.53. The summed E-state index contributed by atoms with van der Waals surface area (Å²) < 4.78 is 31.0. The maximum absolute atomic E-state index is 13.6. The first kappa shape index (κ1) is 17.5. The summed E-state index contributed by atoms with van der Waals surface area (Å²) in [7, 11) is 1.31. The number of halogens is 2. The molecule has 2 atom stereocenters. The Bertz CT molecular complexity index is 496. The first-order chi connectivity index (χ1) is 9.81. The van der Waals surface area contributed by atoms with Crippen molar-refractivity contribution in [3.63, 3.8) is 0 Å². The molecule has 21 heavy (non-hydrogen) atoms. The first-order valence-electron chi connectivity index (χ1n) is 6.76. The molecule has 2 unspecified atom stereocenters. The molecule has 2 N–H and O–H groups in total. The smallest absolute Gasteiger partial charge is 0.307 e. The minimum atomic E-state index is -1.13. The summed E-state index contributed by atoms with van der Waals surface area (Å²) in [6.07, 6.45) is -0.367. The van der Waals surface area contributed by atoms with Crippen LogP contribution in [0.2, 0.25) is 0 Å². The number of aliphatic hydroxyl groups excluding tert-OH is 1. The van der Waals surface area contributed by atoms with Gasteiger partial charge < -0.3 is 15.2 Å². The van der Waals surface area contributed by atoms with Gasteiger partial charge in [0.15, 0.2) is 0 Å². The minimum absolute atomic E-state index is 0.0143. The molecule has 118 valence electrons. The molecule has 1 rings (SSSR count). The van der Waals surface area contributed by atoms with Gasteiger partial charge in [-0.15, -0.1) is 0 Å². The fourth-order valence-electron chi connectivity index (χ4n) is 1.93. The number of hydrogen-bond acceptors (Lipinski definition) is 4. The summed E-state index contributed by atoms with van der Waals surface area (Å²) >= 11 is 0. The number of rotatable bonds is 7. The molecule has 6 heteroatoms. The van der Waals surface area contributed by atoms with Crippen molar-refractivity contribution in [3.8, 4) is 0 Å². The number of carbonyl (C=O) groups excluding carboxylic acids is 1. The SMILES string of the molecule is CCC(C)(CC(=O)OC)NCC(O)c1ccc(F)cc1F. The van der Waals surface area contributed by atoms with Crippen LogP contribution in [0.3, 0.4) is 0 Å². The van der Waals surface area contributed by atoms with Crippen LogP contribution in [-0.4, -0.2) is 30.3 Å². The van der Waals surface area contributed by atoms with Crippen molar-refractivity contribution in [2.24, 2.45) is 0 Å². The van der Waals surface area contributed by atoms with E-state index in [1.807, 2.05) is 13.8 Å². The van der Waals surface area contributed by atoms with E-state index in [1.54, 1.807) is 0 Å². The van der Waals surface area contributed by atoms with E-state index in [9.17, 15) is 18.7 Å². The predicted octanol–water partition coefficient (Wildman–Crippen LogP) is 2.32. The number of nitrogens with one attached hydrogen (secondary N) is 1. The Morgan fingerprint density at radius 2 is 2.14 bits per heavy atom. The lowest BCUT2D eigenvalue weighted by molar-refractivity contribution is -0.142. The number of carbonyl (C=O) groups is 1. The van der Waals surface area contributed by atoms with E-state index in [1.165, 1.54) is 13.2 Å². The highest BCUT2D eigenvalue weighted by molar-refractivity contribution is 5.70. The van der Waals surface area contributed by atoms with Crippen LogP contribution < -0.4 is 5.32 Å². The Labute approximate surface area is 123 Å². The molecule has 0 amide bonds. The molecular weight excluding hydrogens is 280 g/mol. The van der Waals surface area contributed by atoms with Crippen LogP contribution in [-0.2, 0) is 9.53 Å². The number of esters is 1. The molecule has 0 fully saturated rings.